The van der Waals surface area contributed by atoms with Crippen molar-refractivity contribution < 1.29 is 0 Å². The van der Waals surface area contributed by atoms with E-state index in [4.69, 9.17) is 0 Å². The first-order chi connectivity index (χ1) is 14.8. The fourth-order valence-corrected chi connectivity index (χ4v) is 5.90. The molecule has 0 spiro atoms. The molecule has 0 heterocycles. The number of benzene rings is 6. The normalized spacial score (nSPS) is 11.9. The van der Waals surface area contributed by atoms with Crippen LogP contribution in [0.3, 0.4) is 0 Å². The summed E-state index contributed by atoms with van der Waals surface area (Å²) in [6.45, 7) is 0. The molecule has 0 fully saturated rings. The van der Waals surface area contributed by atoms with Gasteiger partial charge in [-0.15, -0.1) is 0 Å². The monoisotopic (exact) mass is 512 g/mol. The van der Waals surface area contributed by atoms with E-state index >= 15 is 0 Å². The minimum Gasteiger partial charge on any atom is -0.0876 e. The van der Waals surface area contributed by atoms with Crippen LogP contribution in [-0.2, 0) is 10.7 Å². The van der Waals surface area contributed by atoms with E-state index in [1.165, 1.54) is 65.0 Å². The number of rotatable bonds is 2. The van der Waals surface area contributed by atoms with E-state index in [9.17, 15) is 0 Å². The zero-order valence-corrected chi connectivity index (χ0v) is 19.4. The summed E-state index contributed by atoms with van der Waals surface area (Å²) in [5, 5.41) is 15.0. The van der Waals surface area contributed by atoms with Crippen LogP contribution in [0.5, 0.6) is 0 Å². The highest BCUT2D eigenvalue weighted by Gasteiger charge is 2.16. The predicted molar refractivity (Wildman–Crippen MR) is 139 cm³/mol. The molecule has 0 nitrogen and oxygen atoms in total. The molecule has 144 valence electrons. The van der Waals surface area contributed by atoms with E-state index in [-0.39, 0.29) is 0 Å². The molecule has 0 radical (unpaired) electrons. The Labute approximate surface area is 191 Å². The lowest BCUT2D eigenvalue weighted by molar-refractivity contribution is 1.49. The van der Waals surface area contributed by atoms with Gasteiger partial charge < -0.3 is 0 Å². The lowest BCUT2D eigenvalue weighted by Gasteiger charge is -2.17. The zero-order valence-electron chi connectivity index (χ0n) is 16.3. The third-order valence-electron chi connectivity index (χ3n) is 6.29. The van der Waals surface area contributed by atoms with Crippen molar-refractivity contribution in [2.75, 3.05) is 0 Å². The van der Waals surface area contributed by atoms with Crippen molar-refractivity contribution in [1.82, 2.24) is 0 Å². The van der Waals surface area contributed by atoms with Gasteiger partial charge in [-0.25, -0.2) is 0 Å². The van der Waals surface area contributed by atoms with Crippen molar-refractivity contribution in [1.29, 1.82) is 0 Å². The standard InChI is InChI=1S/C28H18Br2/c29-15-20-13-19-14-21(16-30)25-12-10-18-6-2-4-8-23(18)28(25)26(19)27-22-7-3-1-5-17(22)9-11-24(20)27/h1-14H,15-16H2. The zero-order chi connectivity index (χ0) is 20.2. The van der Waals surface area contributed by atoms with E-state index in [1.54, 1.807) is 0 Å². The Balaban J connectivity index is 2.03. The average molecular weight is 514 g/mol. The Morgan fingerprint density at radius 2 is 0.900 bits per heavy atom. The number of hydrogen-bond donors (Lipinski definition) is 0. The van der Waals surface area contributed by atoms with Gasteiger partial charge in [0.15, 0.2) is 0 Å². The maximum atomic E-state index is 3.74. The second-order valence-electron chi connectivity index (χ2n) is 7.86. The quantitative estimate of drug-likeness (QED) is 0.160. The van der Waals surface area contributed by atoms with Gasteiger partial charge in [0.05, 0.1) is 0 Å². The molecule has 0 N–H and O–H groups in total. The topological polar surface area (TPSA) is 0 Å². The second-order valence-corrected chi connectivity index (χ2v) is 8.98. The molecule has 0 atom stereocenters. The highest BCUT2D eigenvalue weighted by Crippen LogP contribution is 2.42. The van der Waals surface area contributed by atoms with Crippen LogP contribution >= 0.6 is 31.9 Å². The SMILES string of the molecule is BrCc1cc2cc(CBr)c3ccc4ccccc4c3c2c2c1ccc1ccccc12. The number of fused-ring (bicyclic) bond motifs is 9. The van der Waals surface area contributed by atoms with Crippen molar-refractivity contribution >= 4 is 85.7 Å². The van der Waals surface area contributed by atoms with Crippen molar-refractivity contribution in [2.24, 2.45) is 0 Å². The third-order valence-corrected chi connectivity index (χ3v) is 7.49. The largest absolute Gasteiger partial charge is 0.0876 e. The second kappa shape index (κ2) is 7.08. The van der Waals surface area contributed by atoms with Gasteiger partial charge in [-0.3, -0.25) is 0 Å². The summed E-state index contributed by atoms with van der Waals surface area (Å²) in [5.41, 5.74) is 2.67. The Hall–Kier alpha value is -2.42. The maximum absolute atomic E-state index is 3.74. The van der Waals surface area contributed by atoms with E-state index in [1.807, 2.05) is 0 Å². The van der Waals surface area contributed by atoms with Gasteiger partial charge >= 0.3 is 0 Å². The predicted octanol–water partition coefficient (Wildman–Crippen LogP) is 9.24. The van der Waals surface area contributed by atoms with Crippen molar-refractivity contribution in [3.63, 3.8) is 0 Å². The third kappa shape index (κ3) is 2.57. The van der Waals surface area contributed by atoms with Gasteiger partial charge in [-0.05, 0) is 77.1 Å². The van der Waals surface area contributed by atoms with Gasteiger partial charge in [-0.1, -0.05) is 105 Å². The molecule has 6 aromatic carbocycles. The van der Waals surface area contributed by atoms with E-state index < -0.39 is 0 Å². The van der Waals surface area contributed by atoms with E-state index in [0.29, 0.717) is 0 Å². The fourth-order valence-electron chi connectivity index (χ4n) is 4.97. The summed E-state index contributed by atoms with van der Waals surface area (Å²) in [6.07, 6.45) is 0. The van der Waals surface area contributed by atoms with Crippen molar-refractivity contribution in [3.8, 4) is 0 Å². The molecule has 0 aliphatic carbocycles. The summed E-state index contributed by atoms with van der Waals surface area (Å²) >= 11 is 7.49. The van der Waals surface area contributed by atoms with Crippen molar-refractivity contribution in [3.05, 3.63) is 96.1 Å². The maximum Gasteiger partial charge on any atom is 0.0289 e. The Bertz CT molecular complexity index is 1490. The minimum absolute atomic E-state index is 0.842. The first kappa shape index (κ1) is 18.4. The summed E-state index contributed by atoms with van der Waals surface area (Å²) in [7, 11) is 0. The number of halogens is 2. The molecule has 6 aromatic rings. The smallest absolute Gasteiger partial charge is 0.0289 e. The number of alkyl halides is 2. The molecule has 30 heavy (non-hydrogen) atoms. The van der Waals surface area contributed by atoms with Crippen LogP contribution in [0.25, 0.3) is 53.9 Å². The molecular weight excluding hydrogens is 496 g/mol. The molecule has 0 aromatic heterocycles. The van der Waals surface area contributed by atoms with Gasteiger partial charge in [0.25, 0.3) is 0 Å². The highest BCUT2D eigenvalue weighted by atomic mass is 79.9. The molecule has 0 aliphatic rings. The molecule has 6 rings (SSSR count). The summed E-state index contributed by atoms with van der Waals surface area (Å²) in [4.78, 5) is 0. The first-order valence-electron chi connectivity index (χ1n) is 10.1. The Kier molecular flexibility index (Phi) is 4.33. The van der Waals surface area contributed by atoms with Crippen LogP contribution in [0.1, 0.15) is 11.1 Å². The lowest BCUT2D eigenvalue weighted by atomic mass is 9.87. The average Bonchev–Trinajstić information content (AvgIpc) is 2.81. The minimum atomic E-state index is 0.842. The Morgan fingerprint density at radius 3 is 1.37 bits per heavy atom. The highest BCUT2D eigenvalue weighted by molar-refractivity contribution is 9.08. The van der Waals surface area contributed by atoms with Gasteiger partial charge in [-0.2, -0.15) is 0 Å². The van der Waals surface area contributed by atoms with Crippen LogP contribution in [0.15, 0.2) is 84.9 Å². The summed E-state index contributed by atoms with van der Waals surface area (Å²) in [5.74, 6) is 0. The van der Waals surface area contributed by atoms with Crippen LogP contribution in [-0.4, -0.2) is 0 Å². The molecule has 0 saturated carbocycles. The molecular formula is C28H18Br2. The first-order valence-corrected chi connectivity index (χ1v) is 12.4. The van der Waals surface area contributed by atoms with Crippen molar-refractivity contribution in [2.45, 2.75) is 10.7 Å². The van der Waals surface area contributed by atoms with Gasteiger partial charge in [0.2, 0.25) is 0 Å². The van der Waals surface area contributed by atoms with Crippen LogP contribution in [0.2, 0.25) is 0 Å². The van der Waals surface area contributed by atoms with E-state index in [2.05, 4.69) is 117 Å². The molecule has 0 aliphatic heterocycles. The Morgan fingerprint density at radius 1 is 0.433 bits per heavy atom. The lowest BCUT2D eigenvalue weighted by Crippen LogP contribution is -1.92. The number of hydrogen-bond acceptors (Lipinski definition) is 0. The fraction of sp³-hybridized carbons (Fsp3) is 0.0714. The molecule has 0 unspecified atom stereocenters. The molecule has 2 heteroatoms. The summed E-state index contributed by atoms with van der Waals surface area (Å²) < 4.78 is 0. The summed E-state index contributed by atoms with van der Waals surface area (Å²) in [6, 6.07) is 31.4. The van der Waals surface area contributed by atoms with Crippen LogP contribution in [0.4, 0.5) is 0 Å². The van der Waals surface area contributed by atoms with E-state index in [0.717, 1.165) is 10.7 Å². The molecule has 0 amide bonds. The van der Waals surface area contributed by atoms with Crippen LogP contribution < -0.4 is 0 Å². The van der Waals surface area contributed by atoms with Crippen LogP contribution in [0, 0.1) is 0 Å². The van der Waals surface area contributed by atoms with Gasteiger partial charge in [0, 0.05) is 10.7 Å². The molecule has 0 saturated heterocycles. The van der Waals surface area contributed by atoms with Gasteiger partial charge in [0.1, 0.15) is 0 Å². The molecule has 0 bridgehead atoms.